The van der Waals surface area contributed by atoms with Crippen LogP contribution in [0.25, 0.3) is 10.9 Å². The van der Waals surface area contributed by atoms with Gasteiger partial charge in [-0.15, -0.1) is 0 Å². The molecule has 0 saturated heterocycles. The topological polar surface area (TPSA) is 78.1 Å². The molecule has 3 aromatic rings. The van der Waals surface area contributed by atoms with Gasteiger partial charge in [0.05, 0.1) is 24.0 Å². The number of rotatable bonds is 5. The highest BCUT2D eigenvalue weighted by Crippen LogP contribution is 2.20. The Hall–Kier alpha value is -2.22. The first-order valence-corrected chi connectivity index (χ1v) is 9.42. The summed E-state index contributed by atoms with van der Waals surface area (Å²) in [6.45, 7) is 2.43. The number of aromatic nitrogens is 2. The van der Waals surface area contributed by atoms with E-state index in [1.165, 1.54) is 0 Å². The molecule has 0 aliphatic carbocycles. The molecule has 140 valence electrons. The highest BCUT2D eigenvalue weighted by Gasteiger charge is 2.11. The fourth-order valence-electron chi connectivity index (χ4n) is 2.75. The fourth-order valence-corrected chi connectivity index (χ4v) is 3.40. The van der Waals surface area contributed by atoms with Crippen molar-refractivity contribution in [3.05, 3.63) is 67.6 Å². The molecular weight excluding hydrogens is 432 g/mol. The molecule has 2 N–H and O–H groups in total. The van der Waals surface area contributed by atoms with Gasteiger partial charge in [-0.2, -0.15) is 0 Å². The van der Waals surface area contributed by atoms with Crippen molar-refractivity contribution in [1.82, 2.24) is 14.9 Å². The molecule has 6 nitrogen and oxygen atoms in total. The van der Waals surface area contributed by atoms with Gasteiger partial charge in [0, 0.05) is 15.2 Å². The Morgan fingerprint density at radius 1 is 1.30 bits per heavy atom. The first-order chi connectivity index (χ1) is 12.8. The summed E-state index contributed by atoms with van der Waals surface area (Å²) in [6.07, 6.45) is 0. The fraction of sp³-hybridized carbons (Fsp3) is 0.211. The van der Waals surface area contributed by atoms with Gasteiger partial charge in [-0.3, -0.25) is 14.5 Å². The lowest BCUT2D eigenvalue weighted by Gasteiger charge is -2.16. The normalized spacial score (nSPS) is 11.1. The number of aryl methyl sites for hydroxylation is 1. The number of nitrogens with one attached hydrogen (secondary N) is 2. The Bertz CT molecular complexity index is 1070. The predicted octanol–water partition coefficient (Wildman–Crippen LogP) is 3.72. The number of carbonyl (C=O) groups excluding carboxylic acids is 1. The second-order valence-electron chi connectivity index (χ2n) is 6.35. The van der Waals surface area contributed by atoms with Crippen molar-refractivity contribution >= 4 is 50.0 Å². The molecule has 1 amide bonds. The van der Waals surface area contributed by atoms with E-state index in [1.807, 2.05) is 25.1 Å². The zero-order valence-corrected chi connectivity index (χ0v) is 17.2. The van der Waals surface area contributed by atoms with Crippen molar-refractivity contribution in [2.24, 2.45) is 0 Å². The SMILES string of the molecule is Cc1cc(Br)ccc1NC(=O)CN(C)Cc1nc2ccc(Cl)cc2c(=O)[nH]1. The van der Waals surface area contributed by atoms with E-state index >= 15 is 0 Å². The Morgan fingerprint density at radius 2 is 2.07 bits per heavy atom. The summed E-state index contributed by atoms with van der Waals surface area (Å²) < 4.78 is 0.961. The van der Waals surface area contributed by atoms with Gasteiger partial charge in [0.2, 0.25) is 5.91 Å². The lowest BCUT2D eigenvalue weighted by molar-refractivity contribution is -0.117. The van der Waals surface area contributed by atoms with E-state index in [1.54, 1.807) is 30.1 Å². The minimum atomic E-state index is -0.249. The Morgan fingerprint density at radius 3 is 2.81 bits per heavy atom. The minimum absolute atomic E-state index is 0.141. The van der Waals surface area contributed by atoms with Crippen LogP contribution >= 0.6 is 27.5 Å². The summed E-state index contributed by atoms with van der Waals surface area (Å²) in [5.74, 6) is 0.350. The number of aromatic amines is 1. The zero-order valence-electron chi connectivity index (χ0n) is 14.8. The Balaban J connectivity index is 1.67. The largest absolute Gasteiger partial charge is 0.325 e. The lowest BCUT2D eigenvalue weighted by atomic mass is 10.2. The molecule has 0 atom stereocenters. The third kappa shape index (κ3) is 4.94. The first-order valence-electron chi connectivity index (χ1n) is 8.25. The first kappa shape index (κ1) is 19.5. The number of halogens is 2. The molecule has 1 aromatic heterocycles. The molecule has 2 aromatic carbocycles. The van der Waals surface area contributed by atoms with Crippen LogP contribution in [0.5, 0.6) is 0 Å². The monoisotopic (exact) mass is 448 g/mol. The van der Waals surface area contributed by atoms with Crippen LogP contribution in [0.3, 0.4) is 0 Å². The molecular formula is C19H18BrClN4O2. The summed E-state index contributed by atoms with van der Waals surface area (Å²) in [4.78, 5) is 33.5. The van der Waals surface area contributed by atoms with Gasteiger partial charge in [-0.25, -0.2) is 4.98 Å². The van der Waals surface area contributed by atoms with E-state index in [2.05, 4.69) is 31.2 Å². The Kier molecular flexibility index (Phi) is 5.94. The van der Waals surface area contributed by atoms with E-state index < -0.39 is 0 Å². The molecule has 1 heterocycles. The molecule has 0 aliphatic heterocycles. The van der Waals surface area contributed by atoms with Crippen molar-refractivity contribution in [3.8, 4) is 0 Å². The van der Waals surface area contributed by atoms with E-state index in [4.69, 9.17) is 11.6 Å². The van der Waals surface area contributed by atoms with Crippen molar-refractivity contribution in [2.45, 2.75) is 13.5 Å². The van der Waals surface area contributed by atoms with Gasteiger partial charge in [0.25, 0.3) is 5.56 Å². The third-order valence-corrected chi connectivity index (χ3v) is 4.74. The summed E-state index contributed by atoms with van der Waals surface area (Å²) in [7, 11) is 1.79. The van der Waals surface area contributed by atoms with E-state index in [9.17, 15) is 9.59 Å². The van der Waals surface area contributed by atoms with Crippen LogP contribution in [-0.2, 0) is 11.3 Å². The smallest absolute Gasteiger partial charge is 0.258 e. The summed E-state index contributed by atoms with van der Waals surface area (Å²) in [5.41, 5.74) is 2.06. The number of fused-ring (bicyclic) bond motifs is 1. The van der Waals surface area contributed by atoms with Crippen molar-refractivity contribution in [3.63, 3.8) is 0 Å². The van der Waals surface area contributed by atoms with E-state index in [-0.39, 0.29) is 18.0 Å². The van der Waals surface area contributed by atoms with Crippen LogP contribution < -0.4 is 10.9 Å². The molecule has 0 spiro atoms. The van der Waals surface area contributed by atoms with Gasteiger partial charge in [0.1, 0.15) is 5.82 Å². The number of carbonyl (C=O) groups is 1. The number of nitrogens with zero attached hydrogens (tertiary/aromatic N) is 2. The third-order valence-electron chi connectivity index (χ3n) is 4.01. The highest BCUT2D eigenvalue weighted by atomic mass is 79.9. The van der Waals surface area contributed by atoms with E-state index in [0.717, 1.165) is 15.7 Å². The summed E-state index contributed by atoms with van der Waals surface area (Å²) in [6, 6.07) is 10.7. The van der Waals surface area contributed by atoms with Gasteiger partial charge < -0.3 is 10.3 Å². The minimum Gasteiger partial charge on any atom is -0.325 e. The maximum Gasteiger partial charge on any atom is 0.258 e. The van der Waals surface area contributed by atoms with Crippen LogP contribution in [-0.4, -0.2) is 34.4 Å². The quantitative estimate of drug-likeness (QED) is 0.622. The van der Waals surface area contributed by atoms with Gasteiger partial charge in [-0.05, 0) is 55.9 Å². The highest BCUT2D eigenvalue weighted by molar-refractivity contribution is 9.10. The number of anilines is 1. The van der Waals surface area contributed by atoms with Crippen molar-refractivity contribution in [1.29, 1.82) is 0 Å². The van der Waals surface area contributed by atoms with Crippen molar-refractivity contribution < 1.29 is 4.79 Å². The molecule has 0 saturated carbocycles. The Labute approximate surface area is 169 Å². The standard InChI is InChI=1S/C19H18BrClN4O2/c1-11-7-12(20)3-5-15(11)23-18(26)10-25(2)9-17-22-16-6-4-13(21)8-14(16)19(27)24-17/h3-8H,9-10H2,1-2H3,(H,23,26)(H,22,24,27). The van der Waals surface area contributed by atoms with Crippen LogP contribution in [0.2, 0.25) is 5.02 Å². The molecule has 0 radical (unpaired) electrons. The lowest BCUT2D eigenvalue weighted by Crippen LogP contribution is -2.31. The van der Waals surface area contributed by atoms with E-state index in [0.29, 0.717) is 28.3 Å². The number of hydrogen-bond donors (Lipinski definition) is 2. The molecule has 27 heavy (non-hydrogen) atoms. The number of H-pyrrole nitrogens is 1. The number of amides is 1. The predicted molar refractivity (Wildman–Crippen MR) is 111 cm³/mol. The van der Waals surface area contributed by atoms with Crippen LogP contribution in [0.1, 0.15) is 11.4 Å². The van der Waals surface area contributed by atoms with Crippen molar-refractivity contribution in [2.75, 3.05) is 18.9 Å². The molecule has 8 heteroatoms. The average Bonchev–Trinajstić information content (AvgIpc) is 2.58. The number of likely N-dealkylation sites (N-methyl/N-ethyl adjacent to an activating group) is 1. The second kappa shape index (κ2) is 8.21. The molecule has 0 unspecified atom stereocenters. The summed E-state index contributed by atoms with van der Waals surface area (Å²) >= 11 is 9.32. The van der Waals surface area contributed by atoms with Crippen LogP contribution in [0, 0.1) is 6.92 Å². The van der Waals surface area contributed by atoms with Gasteiger partial charge in [0.15, 0.2) is 0 Å². The maximum absolute atomic E-state index is 12.3. The molecule has 0 bridgehead atoms. The zero-order chi connectivity index (χ0) is 19.6. The van der Waals surface area contributed by atoms with Gasteiger partial charge >= 0.3 is 0 Å². The molecule has 0 aliphatic rings. The number of benzene rings is 2. The van der Waals surface area contributed by atoms with Crippen LogP contribution in [0.4, 0.5) is 5.69 Å². The maximum atomic E-state index is 12.3. The summed E-state index contributed by atoms with van der Waals surface area (Å²) in [5, 5.41) is 3.82. The molecule has 3 rings (SSSR count). The van der Waals surface area contributed by atoms with Gasteiger partial charge in [-0.1, -0.05) is 27.5 Å². The molecule has 0 fully saturated rings. The number of hydrogen-bond acceptors (Lipinski definition) is 4. The average molecular weight is 450 g/mol. The van der Waals surface area contributed by atoms with Crippen LogP contribution in [0.15, 0.2) is 45.7 Å². The second-order valence-corrected chi connectivity index (χ2v) is 7.71.